The van der Waals surface area contributed by atoms with E-state index in [1.807, 2.05) is 12.1 Å². The van der Waals surface area contributed by atoms with Crippen LogP contribution in [0.25, 0.3) is 93.9 Å². The van der Waals surface area contributed by atoms with Gasteiger partial charge >= 0.3 is 0 Å². The van der Waals surface area contributed by atoms with Crippen LogP contribution in [-0.4, -0.2) is 4.57 Å². The molecule has 0 aliphatic heterocycles. The number of furan rings is 1. The average Bonchev–Trinajstić information content (AvgIpc) is 3.90. The zero-order chi connectivity index (χ0) is 41.7. The molecule has 3 nitrogen and oxygen atoms in total. The molecule has 0 bridgehead atoms. The highest BCUT2D eigenvalue weighted by molar-refractivity contribution is 6.09. The number of aromatic nitrogens is 1. The molecule has 10 aromatic carbocycles. The number of fused-ring (bicyclic) bond motifs is 6. The summed E-state index contributed by atoms with van der Waals surface area (Å²) < 4.78 is 8.72. The number of anilines is 3. The van der Waals surface area contributed by atoms with Crippen LogP contribution in [0.1, 0.15) is 0 Å². The van der Waals surface area contributed by atoms with E-state index in [9.17, 15) is 0 Å². The van der Waals surface area contributed by atoms with Crippen LogP contribution in [0, 0.1) is 0 Å². The highest BCUT2D eigenvalue weighted by Crippen LogP contribution is 2.44. The topological polar surface area (TPSA) is 21.3 Å². The second-order valence-electron chi connectivity index (χ2n) is 16.1. The highest BCUT2D eigenvalue weighted by atomic mass is 16.3. The Hall–Kier alpha value is -8.40. The summed E-state index contributed by atoms with van der Waals surface area (Å²) in [7, 11) is 0. The standard InChI is InChI=1S/C60H40N2O/c1-2-15-41(16-3-1)43-17-12-20-47(37-43)51-23-4-8-27-56(51)61(49-21-14-19-45(39-49)46-33-36-55-54-26-7-11-30-59(54)63-60(55)40-46)48-34-31-42(32-35-48)44-18-13-22-50(38-44)62-57-28-9-5-24-52(57)53-25-6-10-29-58(53)62/h1-40H. The zero-order valence-corrected chi connectivity index (χ0v) is 34.4. The van der Waals surface area contributed by atoms with Crippen molar-refractivity contribution < 1.29 is 4.42 Å². The summed E-state index contributed by atoms with van der Waals surface area (Å²) in [5.74, 6) is 0. The molecule has 0 aliphatic carbocycles. The first-order valence-electron chi connectivity index (χ1n) is 21.5. The molecule has 2 aromatic heterocycles. The minimum atomic E-state index is 0.886. The van der Waals surface area contributed by atoms with E-state index >= 15 is 0 Å². The van der Waals surface area contributed by atoms with E-state index in [0.717, 1.165) is 78.1 Å². The van der Waals surface area contributed by atoms with E-state index in [1.165, 1.54) is 32.9 Å². The molecule has 0 amide bonds. The number of benzene rings is 10. The van der Waals surface area contributed by atoms with Gasteiger partial charge in [-0.25, -0.2) is 0 Å². The van der Waals surface area contributed by atoms with Crippen LogP contribution >= 0.6 is 0 Å². The van der Waals surface area contributed by atoms with Gasteiger partial charge in [0.1, 0.15) is 11.2 Å². The van der Waals surface area contributed by atoms with Gasteiger partial charge in [-0.2, -0.15) is 0 Å². The maximum absolute atomic E-state index is 6.34. The molecule has 296 valence electrons. The molecule has 3 heteroatoms. The molecule has 0 saturated carbocycles. The Morgan fingerprint density at radius 1 is 0.302 bits per heavy atom. The molecule has 0 atom stereocenters. The molecule has 0 saturated heterocycles. The first-order chi connectivity index (χ1) is 31.2. The van der Waals surface area contributed by atoms with Crippen molar-refractivity contribution in [1.82, 2.24) is 4.57 Å². The first-order valence-corrected chi connectivity index (χ1v) is 21.5. The van der Waals surface area contributed by atoms with Gasteiger partial charge in [0.15, 0.2) is 0 Å². The van der Waals surface area contributed by atoms with Gasteiger partial charge in [0.25, 0.3) is 0 Å². The van der Waals surface area contributed by atoms with Gasteiger partial charge in [-0.3, -0.25) is 0 Å². The Balaban J connectivity index is 0.976. The van der Waals surface area contributed by atoms with Crippen molar-refractivity contribution in [1.29, 1.82) is 0 Å². The highest BCUT2D eigenvalue weighted by Gasteiger charge is 2.19. The number of para-hydroxylation sites is 4. The van der Waals surface area contributed by atoms with Gasteiger partial charge in [-0.05, 0) is 118 Å². The summed E-state index contributed by atoms with van der Waals surface area (Å²) in [6, 6.07) is 87.2. The van der Waals surface area contributed by atoms with Crippen LogP contribution in [0.3, 0.4) is 0 Å². The van der Waals surface area contributed by atoms with E-state index < -0.39 is 0 Å². The summed E-state index contributed by atoms with van der Waals surface area (Å²) in [6.45, 7) is 0. The fourth-order valence-corrected chi connectivity index (χ4v) is 9.40. The van der Waals surface area contributed by atoms with Gasteiger partial charge < -0.3 is 13.9 Å². The molecule has 0 radical (unpaired) electrons. The van der Waals surface area contributed by atoms with Gasteiger partial charge in [0, 0.05) is 44.2 Å². The first kappa shape index (κ1) is 36.5. The van der Waals surface area contributed by atoms with Crippen molar-refractivity contribution in [2.45, 2.75) is 0 Å². The molecular weight excluding hydrogens is 765 g/mol. The fourth-order valence-electron chi connectivity index (χ4n) is 9.40. The number of nitrogens with zero attached hydrogens (tertiary/aromatic N) is 2. The van der Waals surface area contributed by atoms with E-state index in [-0.39, 0.29) is 0 Å². The summed E-state index contributed by atoms with van der Waals surface area (Å²) in [5.41, 5.74) is 17.8. The number of rotatable bonds is 8. The van der Waals surface area contributed by atoms with E-state index in [0.29, 0.717) is 0 Å². The van der Waals surface area contributed by atoms with Crippen molar-refractivity contribution >= 4 is 60.8 Å². The van der Waals surface area contributed by atoms with Gasteiger partial charge in [-0.1, -0.05) is 164 Å². The molecule has 63 heavy (non-hydrogen) atoms. The minimum Gasteiger partial charge on any atom is -0.456 e. The van der Waals surface area contributed by atoms with Crippen LogP contribution in [0.15, 0.2) is 247 Å². The van der Waals surface area contributed by atoms with Gasteiger partial charge in [0.05, 0.1) is 16.7 Å². The fraction of sp³-hybridized carbons (Fsp3) is 0. The lowest BCUT2D eigenvalue weighted by molar-refractivity contribution is 0.669. The van der Waals surface area contributed by atoms with Crippen molar-refractivity contribution in [2.24, 2.45) is 0 Å². The summed E-state index contributed by atoms with van der Waals surface area (Å²) in [6.07, 6.45) is 0. The smallest absolute Gasteiger partial charge is 0.136 e. The molecule has 12 rings (SSSR count). The Kier molecular flexibility index (Phi) is 8.83. The molecule has 12 aromatic rings. The Bertz CT molecular complexity index is 3580. The van der Waals surface area contributed by atoms with Gasteiger partial charge in [-0.15, -0.1) is 0 Å². The zero-order valence-electron chi connectivity index (χ0n) is 34.4. The van der Waals surface area contributed by atoms with E-state index in [4.69, 9.17) is 4.42 Å². The molecule has 0 fully saturated rings. The largest absolute Gasteiger partial charge is 0.456 e. The Morgan fingerprint density at radius 2 is 0.841 bits per heavy atom. The van der Waals surface area contributed by atoms with Crippen LogP contribution in [0.2, 0.25) is 0 Å². The van der Waals surface area contributed by atoms with Crippen molar-refractivity contribution in [3.8, 4) is 50.2 Å². The third-order valence-corrected chi connectivity index (χ3v) is 12.4. The Morgan fingerprint density at radius 3 is 1.63 bits per heavy atom. The lowest BCUT2D eigenvalue weighted by Gasteiger charge is -2.28. The normalized spacial score (nSPS) is 11.5. The van der Waals surface area contributed by atoms with Crippen molar-refractivity contribution in [2.75, 3.05) is 4.90 Å². The second kappa shape index (κ2) is 15.3. The second-order valence-corrected chi connectivity index (χ2v) is 16.1. The maximum atomic E-state index is 6.34. The summed E-state index contributed by atoms with van der Waals surface area (Å²) in [4.78, 5) is 2.39. The van der Waals surface area contributed by atoms with Crippen LogP contribution in [0.4, 0.5) is 17.1 Å². The van der Waals surface area contributed by atoms with E-state index in [1.54, 1.807) is 0 Å². The van der Waals surface area contributed by atoms with Crippen LogP contribution in [0.5, 0.6) is 0 Å². The average molecular weight is 805 g/mol. The molecule has 0 unspecified atom stereocenters. The van der Waals surface area contributed by atoms with Crippen LogP contribution in [-0.2, 0) is 0 Å². The summed E-state index contributed by atoms with van der Waals surface area (Å²) >= 11 is 0. The molecule has 0 spiro atoms. The van der Waals surface area contributed by atoms with Crippen LogP contribution < -0.4 is 4.90 Å². The quantitative estimate of drug-likeness (QED) is 0.153. The SMILES string of the molecule is c1ccc(-c2cccc(-c3ccccc3N(c3ccc(-c4cccc(-n5c6ccccc6c6ccccc65)c4)cc3)c3cccc(-c4ccc5c(c4)oc4ccccc45)c3)c2)cc1. The molecule has 0 N–H and O–H groups in total. The third-order valence-electron chi connectivity index (χ3n) is 12.4. The molecule has 0 aliphatic rings. The van der Waals surface area contributed by atoms with Crippen molar-refractivity contribution in [3.63, 3.8) is 0 Å². The number of hydrogen-bond acceptors (Lipinski definition) is 2. The van der Waals surface area contributed by atoms with E-state index in [2.05, 4.69) is 240 Å². The minimum absolute atomic E-state index is 0.886. The Labute approximate surface area is 366 Å². The van der Waals surface area contributed by atoms with Crippen molar-refractivity contribution in [3.05, 3.63) is 243 Å². The predicted molar refractivity (Wildman–Crippen MR) is 264 cm³/mol. The summed E-state index contributed by atoms with van der Waals surface area (Å²) in [5, 5.41) is 4.77. The lowest BCUT2D eigenvalue weighted by Crippen LogP contribution is -2.11. The molecule has 2 heterocycles. The monoisotopic (exact) mass is 804 g/mol. The predicted octanol–water partition coefficient (Wildman–Crippen LogP) is 16.8. The maximum Gasteiger partial charge on any atom is 0.136 e. The van der Waals surface area contributed by atoms with Gasteiger partial charge in [0.2, 0.25) is 0 Å². The molecular formula is C60H40N2O. The number of hydrogen-bond donors (Lipinski definition) is 0. The lowest BCUT2D eigenvalue weighted by atomic mass is 9.96. The third kappa shape index (κ3) is 6.46.